The smallest absolute Gasteiger partial charge is 0.289 e. The maximum atomic E-state index is 15.0. The zero-order valence-corrected chi connectivity index (χ0v) is 20.3. The van der Waals surface area contributed by atoms with E-state index < -0.39 is 22.4 Å². The number of alkyl halides is 1. The van der Waals surface area contributed by atoms with Crippen LogP contribution in [0.1, 0.15) is 37.8 Å². The summed E-state index contributed by atoms with van der Waals surface area (Å²) in [4.78, 5) is 23.2. The van der Waals surface area contributed by atoms with Gasteiger partial charge in [0.05, 0.1) is 0 Å². The molecule has 182 valence electrons. The van der Waals surface area contributed by atoms with Crippen molar-refractivity contribution in [3.8, 4) is 23.0 Å². The zero-order chi connectivity index (χ0) is 24.8. The normalized spacial score (nSPS) is 18.1. The first-order valence-electron chi connectivity index (χ1n) is 11.4. The summed E-state index contributed by atoms with van der Waals surface area (Å²) in [6.45, 7) is 4.05. The van der Waals surface area contributed by atoms with Gasteiger partial charge < -0.3 is 14.2 Å². The second-order valence-corrected chi connectivity index (χ2v) is 9.11. The molecule has 1 N–H and O–H groups in total. The molecule has 0 radical (unpaired) electrons. The number of ether oxygens (including phenoxy) is 3. The van der Waals surface area contributed by atoms with Crippen molar-refractivity contribution in [2.75, 3.05) is 0 Å². The first-order valence-corrected chi connectivity index (χ1v) is 12.3. The molecule has 0 aromatic heterocycles. The first-order chi connectivity index (χ1) is 16.9. The third kappa shape index (κ3) is 5.77. The second-order valence-electron chi connectivity index (χ2n) is 7.97. The van der Waals surface area contributed by atoms with Crippen molar-refractivity contribution < 1.29 is 28.2 Å². The van der Waals surface area contributed by atoms with Crippen LogP contribution in [0, 0.1) is 0 Å². The highest BCUT2D eigenvalue weighted by Crippen LogP contribution is 2.43. The van der Waals surface area contributed by atoms with Crippen molar-refractivity contribution in [2.45, 2.75) is 44.4 Å². The van der Waals surface area contributed by atoms with Crippen molar-refractivity contribution in [1.82, 2.24) is 5.32 Å². The molecule has 1 saturated heterocycles. The molecule has 3 aromatic rings. The third-order valence-electron chi connectivity index (χ3n) is 5.36. The van der Waals surface area contributed by atoms with E-state index in [0.717, 1.165) is 24.2 Å². The van der Waals surface area contributed by atoms with Gasteiger partial charge in [-0.2, -0.15) is 0 Å². The van der Waals surface area contributed by atoms with Gasteiger partial charge in [-0.3, -0.25) is 14.9 Å². The Morgan fingerprint density at radius 3 is 2.31 bits per heavy atom. The summed E-state index contributed by atoms with van der Waals surface area (Å²) in [5.74, 6) is 1.52. The lowest BCUT2D eigenvalue weighted by Crippen LogP contribution is -2.30. The number of para-hydroxylation sites is 1. The molecule has 2 unspecified atom stereocenters. The Hall–Kier alpha value is -3.52. The Kier molecular flexibility index (Phi) is 7.60. The number of nitrogens with one attached hydrogen (secondary N) is 1. The third-order valence-corrected chi connectivity index (χ3v) is 6.35. The number of aryl methyl sites for hydroxylation is 1. The number of rotatable bonds is 10. The van der Waals surface area contributed by atoms with Gasteiger partial charge in [-0.15, -0.1) is 0 Å². The van der Waals surface area contributed by atoms with E-state index in [1.54, 1.807) is 18.2 Å². The fraction of sp³-hybridized carbons (Fsp3) is 0.259. The quantitative estimate of drug-likeness (QED) is 0.314. The number of hydrogen-bond donors (Lipinski definition) is 1. The molecular weight excluding hydrogens is 469 g/mol. The molecular formula is C27H26FNO5S. The minimum absolute atomic E-state index is 0.0698. The molecule has 1 fully saturated rings. The average Bonchev–Trinajstić information content (AvgIpc) is 3.12. The minimum atomic E-state index is -2.44. The highest BCUT2D eigenvalue weighted by Gasteiger charge is 2.50. The Morgan fingerprint density at radius 1 is 0.914 bits per heavy atom. The van der Waals surface area contributed by atoms with Crippen LogP contribution >= 0.6 is 11.8 Å². The molecule has 1 heterocycles. The average molecular weight is 496 g/mol. The number of carbonyl (C=O) groups excluding carboxylic acids is 2. The molecule has 0 bridgehead atoms. The van der Waals surface area contributed by atoms with Gasteiger partial charge in [0.2, 0.25) is 6.29 Å². The van der Waals surface area contributed by atoms with Crippen LogP contribution in [0.4, 0.5) is 9.18 Å². The van der Waals surface area contributed by atoms with Gasteiger partial charge in [-0.25, -0.2) is 4.39 Å². The highest BCUT2D eigenvalue weighted by atomic mass is 32.2. The molecule has 6 nitrogen and oxygen atoms in total. The van der Waals surface area contributed by atoms with Crippen LogP contribution in [0.2, 0.25) is 0 Å². The van der Waals surface area contributed by atoms with Crippen molar-refractivity contribution in [2.24, 2.45) is 0 Å². The van der Waals surface area contributed by atoms with Crippen LogP contribution in [0.25, 0.3) is 0 Å². The molecule has 0 spiro atoms. The Labute approximate surface area is 207 Å². The molecule has 2 amide bonds. The lowest BCUT2D eigenvalue weighted by molar-refractivity contribution is -0.126. The van der Waals surface area contributed by atoms with Crippen molar-refractivity contribution in [3.63, 3.8) is 0 Å². The zero-order valence-electron chi connectivity index (χ0n) is 19.5. The topological polar surface area (TPSA) is 73.9 Å². The molecule has 35 heavy (non-hydrogen) atoms. The second kappa shape index (κ2) is 10.8. The monoisotopic (exact) mass is 495 g/mol. The van der Waals surface area contributed by atoms with Gasteiger partial charge in [0.15, 0.2) is 0 Å². The number of hydrogen-bond acceptors (Lipinski definition) is 6. The van der Waals surface area contributed by atoms with Crippen LogP contribution < -0.4 is 19.5 Å². The molecule has 1 aliphatic heterocycles. The van der Waals surface area contributed by atoms with E-state index in [-0.39, 0.29) is 5.56 Å². The number of halogens is 1. The van der Waals surface area contributed by atoms with Crippen LogP contribution in [0.15, 0.2) is 72.8 Å². The molecule has 8 heteroatoms. The van der Waals surface area contributed by atoms with Gasteiger partial charge in [0.1, 0.15) is 23.0 Å². The lowest BCUT2D eigenvalue weighted by Gasteiger charge is -2.20. The maximum absolute atomic E-state index is 15.0. The Bertz CT molecular complexity index is 1200. The molecule has 1 aliphatic rings. The van der Waals surface area contributed by atoms with E-state index >= 15 is 0 Å². The number of imide groups is 1. The summed E-state index contributed by atoms with van der Waals surface area (Å²) in [6, 6.07) is 21.2. The van der Waals surface area contributed by atoms with Gasteiger partial charge in [0.25, 0.3) is 16.1 Å². The van der Waals surface area contributed by atoms with Crippen molar-refractivity contribution in [3.05, 3.63) is 83.9 Å². The van der Waals surface area contributed by atoms with E-state index in [2.05, 4.69) is 13.0 Å². The molecule has 0 saturated carbocycles. The number of carbonyl (C=O) groups is 2. The van der Waals surface area contributed by atoms with Crippen LogP contribution in [-0.4, -0.2) is 17.4 Å². The number of thioether (sulfide) groups is 1. The summed E-state index contributed by atoms with van der Waals surface area (Å²) in [6.07, 6.45) is 1.90. The van der Waals surface area contributed by atoms with Crippen molar-refractivity contribution in [1.29, 1.82) is 0 Å². The van der Waals surface area contributed by atoms with E-state index in [0.29, 0.717) is 35.4 Å². The van der Waals surface area contributed by atoms with Crippen LogP contribution in [0.5, 0.6) is 23.0 Å². The van der Waals surface area contributed by atoms with Crippen LogP contribution in [-0.2, 0) is 16.2 Å². The number of amides is 2. The molecule has 4 rings (SSSR count). The lowest BCUT2D eigenvalue weighted by atomic mass is 10.1. The predicted octanol–water partition coefficient (Wildman–Crippen LogP) is 6.73. The van der Waals surface area contributed by atoms with E-state index in [9.17, 15) is 14.0 Å². The predicted molar refractivity (Wildman–Crippen MR) is 133 cm³/mol. The minimum Gasteiger partial charge on any atom is -0.457 e. The maximum Gasteiger partial charge on any atom is 0.289 e. The fourth-order valence-corrected chi connectivity index (χ4v) is 4.42. The van der Waals surface area contributed by atoms with Gasteiger partial charge in [-0.1, -0.05) is 56.7 Å². The Morgan fingerprint density at radius 2 is 1.63 bits per heavy atom. The van der Waals surface area contributed by atoms with Gasteiger partial charge >= 0.3 is 0 Å². The summed E-state index contributed by atoms with van der Waals surface area (Å²) in [7, 11) is 0. The summed E-state index contributed by atoms with van der Waals surface area (Å²) in [5.41, 5.74) is 1.22. The van der Waals surface area contributed by atoms with Gasteiger partial charge in [-0.05, 0) is 54.1 Å². The van der Waals surface area contributed by atoms with Gasteiger partial charge in [0, 0.05) is 18.1 Å². The largest absolute Gasteiger partial charge is 0.457 e. The van der Waals surface area contributed by atoms with Crippen molar-refractivity contribution >= 4 is 22.9 Å². The number of benzene rings is 3. The first kappa shape index (κ1) is 24.6. The SMILES string of the molecule is CCCc1ccccc1Oc1cccc(OC(CC)Oc2ccc(C3(F)SC(=O)NC3=O)cc2)c1. The van der Waals surface area contributed by atoms with E-state index in [1.165, 1.54) is 12.1 Å². The fourth-order valence-electron chi connectivity index (χ4n) is 3.62. The summed E-state index contributed by atoms with van der Waals surface area (Å²) >= 11 is 0.317. The standard InChI is InChI=1S/C27H26FNO5S/c1-3-8-18-9-5-6-12-23(18)32-21-10-7-11-22(17-21)34-24(4-2)33-20-15-13-19(14-16-20)27(28)25(30)29-26(31)35-27/h5-7,9-17,24H,3-4,8H2,1-2H3,(H,29,30,31). The van der Waals surface area contributed by atoms with Crippen LogP contribution in [0.3, 0.4) is 0 Å². The molecule has 3 aromatic carbocycles. The Balaban J connectivity index is 1.42. The summed E-state index contributed by atoms with van der Waals surface area (Å²) < 4.78 is 33.0. The highest BCUT2D eigenvalue weighted by molar-refractivity contribution is 8.15. The van der Waals surface area contributed by atoms with E-state index in [1.807, 2.05) is 48.6 Å². The van der Waals surface area contributed by atoms with E-state index in [4.69, 9.17) is 14.2 Å². The summed E-state index contributed by atoms with van der Waals surface area (Å²) in [5, 5.41) is -1.18. The molecule has 2 atom stereocenters. The molecule has 0 aliphatic carbocycles.